The molecule has 0 bridgehead atoms. The molecule has 1 heterocycles. The maximum atomic E-state index is 12.8. The molecule has 0 radical (unpaired) electrons. The van der Waals surface area contributed by atoms with Crippen molar-refractivity contribution in [2.24, 2.45) is 0 Å². The molecule has 1 N–H and O–H groups in total. The summed E-state index contributed by atoms with van der Waals surface area (Å²) in [5.74, 6) is 0.523. The van der Waals surface area contributed by atoms with Gasteiger partial charge in [0.25, 0.3) is 0 Å². The van der Waals surface area contributed by atoms with Crippen LogP contribution in [0.1, 0.15) is 30.5 Å². The van der Waals surface area contributed by atoms with Crippen LogP contribution >= 0.6 is 0 Å². The van der Waals surface area contributed by atoms with E-state index >= 15 is 0 Å². The van der Waals surface area contributed by atoms with E-state index in [0.717, 1.165) is 50.0 Å². The average Bonchev–Trinajstić information content (AvgIpc) is 3.19. The molecule has 0 aliphatic heterocycles. The van der Waals surface area contributed by atoms with Crippen molar-refractivity contribution in [1.29, 1.82) is 0 Å². The Labute approximate surface area is 188 Å². The summed E-state index contributed by atoms with van der Waals surface area (Å²) in [6, 6.07) is 20.0. The van der Waals surface area contributed by atoms with Crippen LogP contribution in [-0.2, 0) is 4.79 Å². The highest BCUT2D eigenvalue weighted by Gasteiger charge is 2.15. The first-order chi connectivity index (χ1) is 15.5. The van der Waals surface area contributed by atoms with Gasteiger partial charge in [-0.2, -0.15) is 0 Å². The summed E-state index contributed by atoms with van der Waals surface area (Å²) in [6.07, 6.45) is 3.39. The van der Waals surface area contributed by atoms with Gasteiger partial charge in [0.2, 0.25) is 5.91 Å². The normalized spacial score (nSPS) is 11.6. The Bertz CT molecular complexity index is 1300. The molecule has 4 nitrogen and oxygen atoms in total. The number of fused-ring (bicyclic) bond motifs is 1. The standard InChI is InChI=1S/C28H27NO3/c1-5-31-26-16-27-23(24(17-32-27)21-9-7-6-8-10-21)15-22(26)19(3)14-28(30)29-25-12-11-18(2)13-20(25)4/h6-17H,5H2,1-4H3,(H,29,30)/b19-14+. The highest BCUT2D eigenvalue weighted by Crippen LogP contribution is 2.37. The molecule has 0 saturated carbocycles. The molecule has 3 aromatic carbocycles. The van der Waals surface area contributed by atoms with Crippen LogP contribution in [0.5, 0.6) is 5.75 Å². The van der Waals surface area contributed by atoms with Crippen molar-refractivity contribution in [1.82, 2.24) is 0 Å². The molecule has 0 spiro atoms. The molecule has 0 aliphatic rings. The SMILES string of the molecule is CCOc1cc2occ(-c3ccccc3)c2cc1/C(C)=C/C(=O)Nc1ccc(C)cc1C. The summed E-state index contributed by atoms with van der Waals surface area (Å²) in [5.41, 5.74) is 7.54. The van der Waals surface area contributed by atoms with Gasteiger partial charge in [-0.1, -0.05) is 48.0 Å². The van der Waals surface area contributed by atoms with Crippen LogP contribution < -0.4 is 10.1 Å². The van der Waals surface area contributed by atoms with Crippen LogP contribution in [0.3, 0.4) is 0 Å². The molecule has 4 aromatic rings. The number of carbonyl (C=O) groups is 1. The topological polar surface area (TPSA) is 51.5 Å². The van der Waals surface area contributed by atoms with E-state index in [1.54, 1.807) is 12.3 Å². The van der Waals surface area contributed by atoms with Crippen molar-refractivity contribution >= 4 is 28.1 Å². The number of carbonyl (C=O) groups excluding carboxylic acids is 1. The molecule has 4 heteroatoms. The number of hydrogen-bond acceptors (Lipinski definition) is 3. The monoisotopic (exact) mass is 425 g/mol. The van der Waals surface area contributed by atoms with Crippen LogP contribution in [0.25, 0.3) is 27.7 Å². The van der Waals surface area contributed by atoms with Crippen molar-refractivity contribution < 1.29 is 13.9 Å². The number of furan rings is 1. The van der Waals surface area contributed by atoms with E-state index in [9.17, 15) is 4.79 Å². The maximum absolute atomic E-state index is 12.8. The quantitative estimate of drug-likeness (QED) is 0.334. The lowest BCUT2D eigenvalue weighted by Crippen LogP contribution is -2.10. The van der Waals surface area contributed by atoms with E-state index in [0.29, 0.717) is 12.4 Å². The van der Waals surface area contributed by atoms with Gasteiger partial charge in [-0.05, 0) is 56.5 Å². The van der Waals surface area contributed by atoms with Gasteiger partial charge in [0.15, 0.2) is 0 Å². The Kier molecular flexibility index (Phi) is 6.13. The van der Waals surface area contributed by atoms with Gasteiger partial charge in [0.1, 0.15) is 11.3 Å². The third kappa shape index (κ3) is 4.45. The summed E-state index contributed by atoms with van der Waals surface area (Å²) in [4.78, 5) is 12.8. The largest absolute Gasteiger partial charge is 0.493 e. The lowest BCUT2D eigenvalue weighted by molar-refractivity contribution is -0.111. The van der Waals surface area contributed by atoms with Crippen molar-refractivity contribution in [2.45, 2.75) is 27.7 Å². The van der Waals surface area contributed by atoms with Crippen LogP contribution in [0.4, 0.5) is 5.69 Å². The third-order valence-corrected chi connectivity index (χ3v) is 5.47. The molecule has 4 rings (SSSR count). The number of nitrogens with one attached hydrogen (secondary N) is 1. The number of allylic oxidation sites excluding steroid dienone is 1. The van der Waals surface area contributed by atoms with Gasteiger partial charge >= 0.3 is 0 Å². The van der Waals surface area contributed by atoms with Gasteiger partial charge in [0.05, 0.1) is 12.9 Å². The minimum absolute atomic E-state index is 0.174. The molecule has 0 saturated heterocycles. The van der Waals surface area contributed by atoms with Gasteiger partial charge in [-0.15, -0.1) is 0 Å². The molecule has 162 valence electrons. The summed E-state index contributed by atoms with van der Waals surface area (Å²) >= 11 is 0. The summed E-state index contributed by atoms with van der Waals surface area (Å²) in [6.45, 7) is 8.41. The lowest BCUT2D eigenvalue weighted by atomic mass is 9.99. The van der Waals surface area contributed by atoms with E-state index < -0.39 is 0 Å². The third-order valence-electron chi connectivity index (χ3n) is 5.47. The number of benzene rings is 3. The van der Waals surface area contributed by atoms with Crippen molar-refractivity contribution in [2.75, 3.05) is 11.9 Å². The van der Waals surface area contributed by atoms with Gasteiger partial charge in [-0.3, -0.25) is 4.79 Å². The Morgan fingerprint density at radius 3 is 2.56 bits per heavy atom. The highest BCUT2D eigenvalue weighted by molar-refractivity contribution is 6.05. The van der Waals surface area contributed by atoms with E-state index in [4.69, 9.17) is 9.15 Å². The minimum Gasteiger partial charge on any atom is -0.493 e. The molecule has 0 aliphatic carbocycles. The van der Waals surface area contributed by atoms with Gasteiger partial charge in [0, 0.05) is 34.3 Å². The predicted octanol–water partition coefficient (Wildman–Crippen LogP) is 7.16. The number of rotatable bonds is 6. The van der Waals surface area contributed by atoms with Crippen LogP contribution in [0.2, 0.25) is 0 Å². The fourth-order valence-electron chi connectivity index (χ4n) is 3.88. The zero-order valence-electron chi connectivity index (χ0n) is 18.9. The molecular weight excluding hydrogens is 398 g/mol. The number of anilines is 1. The zero-order valence-corrected chi connectivity index (χ0v) is 18.9. The summed E-state index contributed by atoms with van der Waals surface area (Å²) in [7, 11) is 0. The molecule has 1 aromatic heterocycles. The van der Waals surface area contributed by atoms with Crippen LogP contribution in [0.15, 0.2) is 77.4 Å². The summed E-state index contributed by atoms with van der Waals surface area (Å²) in [5, 5.41) is 3.97. The predicted molar refractivity (Wildman–Crippen MR) is 131 cm³/mol. The first-order valence-electron chi connectivity index (χ1n) is 10.8. The molecule has 32 heavy (non-hydrogen) atoms. The molecule has 1 amide bonds. The van der Waals surface area contributed by atoms with E-state index in [2.05, 4.69) is 23.5 Å². The average molecular weight is 426 g/mol. The fourth-order valence-corrected chi connectivity index (χ4v) is 3.88. The first kappa shape index (κ1) is 21.4. The number of aryl methyl sites for hydroxylation is 2. The maximum Gasteiger partial charge on any atom is 0.248 e. The highest BCUT2D eigenvalue weighted by atomic mass is 16.5. The Morgan fingerprint density at radius 1 is 1.06 bits per heavy atom. The first-order valence-corrected chi connectivity index (χ1v) is 10.8. The van der Waals surface area contributed by atoms with Crippen molar-refractivity contribution in [3.8, 4) is 16.9 Å². The number of amides is 1. The van der Waals surface area contributed by atoms with Crippen molar-refractivity contribution in [3.63, 3.8) is 0 Å². The Morgan fingerprint density at radius 2 is 1.84 bits per heavy atom. The Balaban J connectivity index is 1.72. The number of ether oxygens (including phenoxy) is 1. The number of hydrogen-bond donors (Lipinski definition) is 1. The molecule has 0 atom stereocenters. The fraction of sp³-hybridized carbons (Fsp3) is 0.179. The van der Waals surface area contributed by atoms with E-state index in [-0.39, 0.29) is 5.91 Å². The molecule has 0 fully saturated rings. The second kappa shape index (κ2) is 9.15. The summed E-state index contributed by atoms with van der Waals surface area (Å²) < 4.78 is 11.7. The lowest BCUT2D eigenvalue weighted by Gasteiger charge is -2.12. The zero-order chi connectivity index (χ0) is 22.7. The van der Waals surface area contributed by atoms with Crippen LogP contribution in [0, 0.1) is 13.8 Å². The molecular formula is C28H27NO3. The minimum atomic E-state index is -0.174. The smallest absolute Gasteiger partial charge is 0.248 e. The Hall–Kier alpha value is -3.79. The van der Waals surface area contributed by atoms with Crippen molar-refractivity contribution in [3.05, 3.63) is 89.7 Å². The second-order valence-corrected chi connectivity index (χ2v) is 7.93. The van der Waals surface area contributed by atoms with Crippen LogP contribution in [-0.4, -0.2) is 12.5 Å². The van der Waals surface area contributed by atoms with E-state index in [1.807, 2.05) is 70.2 Å². The van der Waals surface area contributed by atoms with Gasteiger partial charge in [-0.25, -0.2) is 0 Å². The molecule has 0 unspecified atom stereocenters. The second-order valence-electron chi connectivity index (χ2n) is 7.93. The van der Waals surface area contributed by atoms with E-state index in [1.165, 1.54) is 0 Å². The van der Waals surface area contributed by atoms with Gasteiger partial charge < -0.3 is 14.5 Å².